The fourth-order valence-electron chi connectivity index (χ4n) is 6.33. The van der Waals surface area contributed by atoms with E-state index >= 15 is 0 Å². The van der Waals surface area contributed by atoms with Crippen molar-refractivity contribution in [1.29, 1.82) is 0 Å². The number of nitrogens with zero attached hydrogens (tertiary/aromatic N) is 2. The molecular weight excluding hydrogens is 670 g/mol. The Kier molecular flexibility index (Phi) is 9.01. The van der Waals surface area contributed by atoms with Crippen molar-refractivity contribution in [1.82, 2.24) is 9.97 Å². The highest BCUT2D eigenvalue weighted by Crippen LogP contribution is 2.46. The van der Waals surface area contributed by atoms with Gasteiger partial charge >= 0.3 is 12.4 Å². The van der Waals surface area contributed by atoms with Gasteiger partial charge in [0.15, 0.2) is 0 Å². The summed E-state index contributed by atoms with van der Waals surface area (Å²) >= 11 is 0. The predicted octanol–water partition coefficient (Wildman–Crippen LogP) is 13.1. The van der Waals surface area contributed by atoms with E-state index in [1.54, 1.807) is 133 Å². The number of alkyl halides is 6. The topological polar surface area (TPSA) is 25.8 Å². The predicted molar refractivity (Wildman–Crippen MR) is 194 cm³/mol. The molecule has 2 aromatic heterocycles. The molecule has 0 aliphatic carbocycles. The Balaban J connectivity index is 1.48. The Labute approximate surface area is 297 Å². The van der Waals surface area contributed by atoms with Crippen LogP contribution in [-0.2, 0) is 12.4 Å². The van der Waals surface area contributed by atoms with E-state index in [0.717, 1.165) is 11.1 Å². The normalized spacial score (nSPS) is 11.8. The van der Waals surface area contributed by atoms with Gasteiger partial charge in [0.2, 0.25) is 0 Å². The molecule has 7 rings (SSSR count). The molecule has 0 radical (unpaired) electrons. The number of halogens is 6. The van der Waals surface area contributed by atoms with Gasteiger partial charge in [-0.15, -0.1) is 0 Å². The third-order valence-corrected chi connectivity index (χ3v) is 8.88. The van der Waals surface area contributed by atoms with E-state index in [1.807, 2.05) is 13.8 Å². The minimum absolute atomic E-state index is 0.0394. The Morgan fingerprint density at radius 3 is 1.06 bits per heavy atom. The smallest absolute Gasteiger partial charge is 0.247 e. The molecule has 0 aliphatic rings. The molecule has 0 saturated carbocycles. The first kappa shape index (κ1) is 34.4. The van der Waals surface area contributed by atoms with Crippen LogP contribution in [0.15, 0.2) is 146 Å². The lowest BCUT2D eigenvalue weighted by molar-refractivity contribution is -0.137. The van der Waals surface area contributed by atoms with Gasteiger partial charge in [-0.2, -0.15) is 26.3 Å². The second-order valence-corrected chi connectivity index (χ2v) is 12.6. The number of pyridine rings is 2. The van der Waals surface area contributed by atoms with Gasteiger partial charge in [0.05, 0.1) is 33.9 Å². The molecule has 7 aromatic rings. The zero-order valence-electron chi connectivity index (χ0n) is 28.0. The van der Waals surface area contributed by atoms with Crippen molar-refractivity contribution in [3.63, 3.8) is 0 Å². The van der Waals surface area contributed by atoms with Crippen LogP contribution in [0.1, 0.15) is 22.3 Å². The molecule has 0 aliphatic heterocycles. The summed E-state index contributed by atoms with van der Waals surface area (Å²) in [7, 11) is 0. The number of hydrogen-bond acceptors (Lipinski definition) is 2. The van der Waals surface area contributed by atoms with Gasteiger partial charge in [0.25, 0.3) is 0 Å². The van der Waals surface area contributed by atoms with Crippen LogP contribution in [0, 0.1) is 13.8 Å². The zero-order valence-corrected chi connectivity index (χ0v) is 28.0. The summed E-state index contributed by atoms with van der Waals surface area (Å²) in [5, 5.41) is 0. The van der Waals surface area contributed by atoms with Crippen molar-refractivity contribution in [2.75, 3.05) is 0 Å². The second-order valence-electron chi connectivity index (χ2n) is 12.6. The Bertz CT molecular complexity index is 2200. The van der Waals surface area contributed by atoms with Crippen LogP contribution in [0.25, 0.3) is 67.3 Å². The van der Waals surface area contributed by atoms with Crippen LogP contribution >= 0.6 is 0 Å². The van der Waals surface area contributed by atoms with Gasteiger partial charge in [-0.1, -0.05) is 139 Å². The number of benzene rings is 5. The lowest BCUT2D eigenvalue weighted by atomic mass is 9.91. The molecule has 0 saturated heterocycles. The summed E-state index contributed by atoms with van der Waals surface area (Å²) in [5.74, 6) is 0. The highest BCUT2D eigenvalue weighted by molar-refractivity contribution is 5.85. The minimum atomic E-state index is -4.73. The number of aromatic nitrogens is 2. The van der Waals surface area contributed by atoms with Crippen LogP contribution < -0.4 is 0 Å². The summed E-state index contributed by atoms with van der Waals surface area (Å²) < 4.78 is 89.7. The molecule has 0 atom stereocenters. The largest absolute Gasteiger partial charge is 0.419 e. The quantitative estimate of drug-likeness (QED) is 0.161. The fraction of sp³-hybridized carbons (Fsp3) is 0.0909. The molecule has 258 valence electrons. The summed E-state index contributed by atoms with van der Waals surface area (Å²) in [6.07, 6.45) is -9.47. The molecule has 2 heterocycles. The average Bonchev–Trinajstić information content (AvgIpc) is 3.14. The molecule has 2 nitrogen and oxygen atoms in total. The second kappa shape index (κ2) is 13.6. The summed E-state index contributed by atoms with van der Waals surface area (Å²) in [5.41, 5.74) is 2.32. The molecule has 5 aromatic carbocycles. The fourth-order valence-corrected chi connectivity index (χ4v) is 6.33. The van der Waals surface area contributed by atoms with Crippen molar-refractivity contribution >= 4 is 0 Å². The monoisotopic (exact) mass is 700 g/mol. The molecule has 0 spiro atoms. The van der Waals surface area contributed by atoms with Crippen molar-refractivity contribution in [2.24, 2.45) is 0 Å². The molecule has 8 heteroatoms. The van der Waals surface area contributed by atoms with Crippen LogP contribution in [-0.4, -0.2) is 9.97 Å². The molecule has 0 bridgehead atoms. The van der Waals surface area contributed by atoms with Gasteiger partial charge in [0, 0.05) is 22.3 Å². The molecule has 0 amide bonds. The van der Waals surface area contributed by atoms with Crippen LogP contribution in [0.3, 0.4) is 0 Å². The number of rotatable bonds is 6. The maximum Gasteiger partial charge on any atom is 0.419 e. The Morgan fingerprint density at radius 2 is 0.712 bits per heavy atom. The SMILES string of the molecule is Cc1ccc(-c2cc(-c3cccc(-c4cc(-c5ccc(C)cc5)c(C(F)(F)F)c(-c5ccccc5)n4)c3)nc(-c3ccccc3)c2C(F)(F)F)cc1. The molecule has 0 unspecified atom stereocenters. The summed E-state index contributed by atoms with van der Waals surface area (Å²) in [6.45, 7) is 3.71. The maximum atomic E-state index is 14.9. The molecule has 0 N–H and O–H groups in total. The highest BCUT2D eigenvalue weighted by atomic mass is 19.4. The van der Waals surface area contributed by atoms with Crippen molar-refractivity contribution in [3.05, 3.63) is 168 Å². The van der Waals surface area contributed by atoms with E-state index in [-0.39, 0.29) is 33.9 Å². The summed E-state index contributed by atoms with van der Waals surface area (Å²) in [6, 6.07) is 39.7. The first-order valence-corrected chi connectivity index (χ1v) is 16.5. The Morgan fingerprint density at radius 1 is 0.365 bits per heavy atom. The van der Waals surface area contributed by atoms with Crippen molar-refractivity contribution in [3.8, 4) is 67.3 Å². The Hall–Kier alpha value is -6.02. The van der Waals surface area contributed by atoms with E-state index in [4.69, 9.17) is 0 Å². The van der Waals surface area contributed by atoms with Crippen LogP contribution in [0.4, 0.5) is 26.3 Å². The molecule has 0 fully saturated rings. The van der Waals surface area contributed by atoms with E-state index < -0.39 is 23.5 Å². The number of aryl methyl sites for hydroxylation is 2. The average molecular weight is 701 g/mol. The van der Waals surface area contributed by atoms with Gasteiger partial charge in [-0.25, -0.2) is 9.97 Å². The lowest BCUT2D eigenvalue weighted by Crippen LogP contribution is -2.12. The van der Waals surface area contributed by atoms with Gasteiger partial charge in [0.1, 0.15) is 0 Å². The van der Waals surface area contributed by atoms with Crippen molar-refractivity contribution in [2.45, 2.75) is 26.2 Å². The van der Waals surface area contributed by atoms with E-state index in [2.05, 4.69) is 9.97 Å². The highest BCUT2D eigenvalue weighted by Gasteiger charge is 2.39. The molecular formula is C44H30F6N2. The maximum absolute atomic E-state index is 14.9. The minimum Gasteiger partial charge on any atom is -0.247 e. The van der Waals surface area contributed by atoms with E-state index in [0.29, 0.717) is 33.4 Å². The molecule has 52 heavy (non-hydrogen) atoms. The first-order chi connectivity index (χ1) is 24.9. The third-order valence-electron chi connectivity index (χ3n) is 8.88. The zero-order chi connectivity index (χ0) is 36.6. The van der Waals surface area contributed by atoms with Gasteiger partial charge in [-0.05, 0) is 54.3 Å². The standard InChI is InChI=1S/C44H30F6N2/c1-27-16-20-29(21-17-27)35-25-37(51-41(39(35)43(45,46)47)31-10-5-3-6-11-31)33-14-9-15-34(24-33)38-26-36(30-22-18-28(2)19-23-30)40(44(48,49)50)42(52-38)32-12-7-4-8-13-32/h3-26H,1-2H3. The number of hydrogen-bond donors (Lipinski definition) is 0. The van der Waals surface area contributed by atoms with Gasteiger partial charge in [-0.3, -0.25) is 0 Å². The van der Waals surface area contributed by atoms with Crippen molar-refractivity contribution < 1.29 is 26.3 Å². The van der Waals surface area contributed by atoms with E-state index in [1.165, 1.54) is 12.1 Å². The lowest BCUT2D eigenvalue weighted by Gasteiger charge is -2.20. The van der Waals surface area contributed by atoms with Crippen LogP contribution in [0.2, 0.25) is 0 Å². The third kappa shape index (κ3) is 6.97. The van der Waals surface area contributed by atoms with E-state index in [9.17, 15) is 26.3 Å². The van der Waals surface area contributed by atoms with Gasteiger partial charge < -0.3 is 0 Å². The first-order valence-electron chi connectivity index (χ1n) is 16.5. The van der Waals surface area contributed by atoms with Crippen LogP contribution in [0.5, 0.6) is 0 Å². The summed E-state index contributed by atoms with van der Waals surface area (Å²) in [4.78, 5) is 9.23.